The fourth-order valence-corrected chi connectivity index (χ4v) is 7.63. The van der Waals surface area contributed by atoms with E-state index in [4.69, 9.17) is 17.3 Å². The van der Waals surface area contributed by atoms with E-state index in [2.05, 4.69) is 52.3 Å². The van der Waals surface area contributed by atoms with Crippen LogP contribution in [-0.4, -0.2) is 50.8 Å². The second-order valence-corrected chi connectivity index (χ2v) is 12.4. The highest BCUT2D eigenvalue weighted by Gasteiger charge is 2.31. The van der Waals surface area contributed by atoms with Crippen LogP contribution in [0.5, 0.6) is 0 Å². The molecule has 0 amide bonds. The van der Waals surface area contributed by atoms with E-state index < -0.39 is 9.84 Å². The minimum atomic E-state index is -2.95. The van der Waals surface area contributed by atoms with Gasteiger partial charge < -0.3 is 4.57 Å². The minimum absolute atomic E-state index is 0.0525. The van der Waals surface area contributed by atoms with Crippen molar-refractivity contribution < 1.29 is 8.42 Å². The van der Waals surface area contributed by atoms with Crippen molar-refractivity contribution in [3.63, 3.8) is 0 Å². The number of imidazole rings is 1. The number of hydrogen-bond donors (Lipinski definition) is 0. The molecule has 0 radical (unpaired) electrons. The lowest BCUT2D eigenvalue weighted by molar-refractivity contribution is 0.253. The SMILES string of the molecule is Cc1nn(C2CCS(=O)(=O)C2)c(C)c1CN(C)Cn1c2c(n(-c3ccccc3)c1=S)CCCC2. The molecule has 2 aromatic heterocycles. The molecule has 34 heavy (non-hydrogen) atoms. The van der Waals surface area contributed by atoms with Crippen LogP contribution in [0.25, 0.3) is 5.69 Å². The summed E-state index contributed by atoms with van der Waals surface area (Å²) in [6.45, 7) is 5.54. The molecular weight excluding hydrogens is 466 g/mol. The molecule has 5 rings (SSSR count). The van der Waals surface area contributed by atoms with Gasteiger partial charge in [-0.2, -0.15) is 5.10 Å². The molecule has 1 aliphatic heterocycles. The van der Waals surface area contributed by atoms with Gasteiger partial charge in [0.1, 0.15) is 0 Å². The van der Waals surface area contributed by atoms with Crippen LogP contribution >= 0.6 is 12.2 Å². The van der Waals surface area contributed by atoms with Crippen LogP contribution in [0.2, 0.25) is 0 Å². The summed E-state index contributed by atoms with van der Waals surface area (Å²) in [7, 11) is -0.832. The summed E-state index contributed by atoms with van der Waals surface area (Å²) in [6.07, 6.45) is 5.15. The van der Waals surface area contributed by atoms with E-state index in [1.165, 1.54) is 29.8 Å². The van der Waals surface area contributed by atoms with Gasteiger partial charge in [0.05, 0.1) is 29.9 Å². The molecule has 0 bridgehead atoms. The quantitative estimate of drug-likeness (QED) is 0.477. The van der Waals surface area contributed by atoms with Gasteiger partial charge in [-0.3, -0.25) is 14.1 Å². The zero-order valence-corrected chi connectivity index (χ0v) is 21.8. The van der Waals surface area contributed by atoms with Crippen molar-refractivity contribution in [2.45, 2.75) is 65.2 Å². The maximum Gasteiger partial charge on any atom is 0.186 e. The zero-order valence-electron chi connectivity index (χ0n) is 20.2. The van der Waals surface area contributed by atoms with Crippen LogP contribution in [0, 0.1) is 18.6 Å². The lowest BCUT2D eigenvalue weighted by atomic mass is 10.0. The monoisotopic (exact) mass is 499 g/mol. The smallest absolute Gasteiger partial charge is 0.186 e. The Bertz CT molecular complexity index is 1370. The topological polar surface area (TPSA) is 65.1 Å². The average Bonchev–Trinajstić information content (AvgIpc) is 3.41. The number of rotatable bonds is 6. The van der Waals surface area contributed by atoms with Gasteiger partial charge in [-0.05, 0) is 77.3 Å². The summed E-state index contributed by atoms with van der Waals surface area (Å²) in [6, 6.07) is 10.4. The number of aromatic nitrogens is 4. The number of aryl methyl sites for hydroxylation is 1. The first kappa shape index (κ1) is 23.5. The first-order valence-electron chi connectivity index (χ1n) is 12.1. The molecule has 9 heteroatoms. The second-order valence-electron chi connectivity index (χ2n) is 9.79. The summed E-state index contributed by atoms with van der Waals surface area (Å²) in [4.78, 5) is 2.28. The molecule has 3 heterocycles. The number of benzene rings is 1. The van der Waals surface area contributed by atoms with Gasteiger partial charge in [-0.15, -0.1) is 0 Å². The first-order chi connectivity index (χ1) is 16.2. The van der Waals surface area contributed by atoms with Gasteiger partial charge >= 0.3 is 0 Å². The summed E-state index contributed by atoms with van der Waals surface area (Å²) < 4.78 is 31.3. The van der Waals surface area contributed by atoms with E-state index in [-0.39, 0.29) is 17.5 Å². The van der Waals surface area contributed by atoms with Gasteiger partial charge in [0.2, 0.25) is 0 Å². The van der Waals surface area contributed by atoms with Crippen LogP contribution in [-0.2, 0) is 35.9 Å². The second kappa shape index (κ2) is 9.09. The number of para-hydroxylation sites is 1. The van der Waals surface area contributed by atoms with Gasteiger partial charge in [-0.1, -0.05) is 18.2 Å². The van der Waals surface area contributed by atoms with Crippen LogP contribution in [0.3, 0.4) is 0 Å². The van der Waals surface area contributed by atoms with E-state index in [0.29, 0.717) is 13.1 Å². The van der Waals surface area contributed by atoms with Crippen LogP contribution in [0.15, 0.2) is 30.3 Å². The molecule has 0 saturated carbocycles. The molecule has 0 spiro atoms. The van der Waals surface area contributed by atoms with Gasteiger partial charge in [-0.25, -0.2) is 8.42 Å². The van der Waals surface area contributed by atoms with E-state index in [9.17, 15) is 8.42 Å². The molecule has 1 saturated heterocycles. The van der Waals surface area contributed by atoms with Crippen molar-refractivity contribution in [2.75, 3.05) is 18.6 Å². The number of fused-ring (bicyclic) bond motifs is 1. The normalized spacial score (nSPS) is 19.6. The highest BCUT2D eigenvalue weighted by atomic mass is 32.2. The Hall–Kier alpha value is -2.23. The zero-order chi connectivity index (χ0) is 24.0. The Kier molecular flexibility index (Phi) is 6.29. The van der Waals surface area contributed by atoms with Gasteiger partial charge in [0.25, 0.3) is 0 Å². The Morgan fingerprint density at radius 3 is 2.50 bits per heavy atom. The molecular formula is C25H33N5O2S2. The van der Waals surface area contributed by atoms with Crippen LogP contribution in [0.1, 0.15) is 53.6 Å². The molecule has 0 N–H and O–H groups in total. The standard InChI is InChI=1S/C25H33N5O2S2/c1-18-22(19(2)30(26-18)21-13-14-34(31,32)16-21)15-27(3)17-28-23-11-7-8-12-24(23)29(25(28)33)20-9-5-4-6-10-20/h4-6,9-10,21H,7-8,11-17H2,1-3H3. The predicted molar refractivity (Wildman–Crippen MR) is 137 cm³/mol. The largest absolute Gasteiger partial charge is 0.307 e. The molecule has 7 nitrogen and oxygen atoms in total. The maximum atomic E-state index is 12.0. The van der Waals surface area contributed by atoms with Crippen molar-refractivity contribution >= 4 is 22.1 Å². The predicted octanol–water partition coefficient (Wildman–Crippen LogP) is 4.15. The van der Waals surface area contributed by atoms with Crippen molar-refractivity contribution in [2.24, 2.45) is 0 Å². The summed E-state index contributed by atoms with van der Waals surface area (Å²) in [5, 5.41) is 4.74. The van der Waals surface area contributed by atoms with Crippen LogP contribution < -0.4 is 0 Å². The number of nitrogens with zero attached hydrogens (tertiary/aromatic N) is 5. The molecule has 2 aliphatic rings. The Morgan fingerprint density at radius 1 is 1.12 bits per heavy atom. The number of hydrogen-bond acceptors (Lipinski definition) is 5. The Labute approximate surface area is 206 Å². The first-order valence-corrected chi connectivity index (χ1v) is 14.3. The lowest BCUT2D eigenvalue weighted by Crippen LogP contribution is -2.24. The van der Waals surface area contributed by atoms with Crippen molar-refractivity contribution in [1.29, 1.82) is 0 Å². The molecule has 1 aromatic carbocycles. The van der Waals surface area contributed by atoms with Gasteiger partial charge in [0.15, 0.2) is 14.6 Å². The molecule has 1 aliphatic carbocycles. The molecule has 1 unspecified atom stereocenters. The molecule has 3 aromatic rings. The lowest BCUT2D eigenvalue weighted by Gasteiger charge is -2.21. The van der Waals surface area contributed by atoms with Crippen molar-refractivity contribution in [3.05, 3.63) is 63.4 Å². The maximum absolute atomic E-state index is 12.0. The average molecular weight is 500 g/mol. The van der Waals surface area contributed by atoms with E-state index in [1.807, 2.05) is 17.7 Å². The van der Waals surface area contributed by atoms with E-state index >= 15 is 0 Å². The molecule has 1 atom stereocenters. The highest BCUT2D eigenvalue weighted by molar-refractivity contribution is 7.91. The molecule has 1 fully saturated rings. The summed E-state index contributed by atoms with van der Waals surface area (Å²) >= 11 is 6.00. The highest BCUT2D eigenvalue weighted by Crippen LogP contribution is 2.29. The third-order valence-corrected chi connectivity index (χ3v) is 9.44. The summed E-state index contributed by atoms with van der Waals surface area (Å²) in [5.41, 5.74) is 7.05. The van der Waals surface area contributed by atoms with Crippen LogP contribution in [0.4, 0.5) is 0 Å². The number of sulfone groups is 1. The summed E-state index contributed by atoms with van der Waals surface area (Å²) in [5.74, 6) is 0.450. The van der Waals surface area contributed by atoms with Gasteiger partial charge in [0, 0.05) is 34.9 Å². The van der Waals surface area contributed by atoms with Crippen molar-refractivity contribution in [3.8, 4) is 5.69 Å². The van der Waals surface area contributed by atoms with Crippen molar-refractivity contribution in [1.82, 2.24) is 23.8 Å². The fraction of sp³-hybridized carbons (Fsp3) is 0.520. The Balaban J connectivity index is 1.42. The third kappa shape index (κ3) is 4.29. The molecule has 182 valence electrons. The Morgan fingerprint density at radius 2 is 1.82 bits per heavy atom. The van der Waals surface area contributed by atoms with E-state index in [1.54, 1.807) is 0 Å². The fourth-order valence-electron chi connectivity index (χ4n) is 5.56. The minimum Gasteiger partial charge on any atom is -0.307 e. The third-order valence-electron chi connectivity index (χ3n) is 7.28. The van der Waals surface area contributed by atoms with E-state index in [0.717, 1.165) is 41.2 Å².